The number of rotatable bonds is 0. The van der Waals surface area contributed by atoms with Crippen LogP contribution in [-0.4, -0.2) is 0 Å². The van der Waals surface area contributed by atoms with Gasteiger partial charge in [-0.15, -0.1) is 0 Å². The van der Waals surface area contributed by atoms with Crippen LogP contribution in [0, 0.1) is 18.3 Å². The van der Waals surface area contributed by atoms with E-state index >= 15 is 0 Å². The Morgan fingerprint density at radius 2 is 2.11 bits per heavy atom. The molecule has 0 N–H and O–H groups in total. The van der Waals surface area contributed by atoms with Crippen LogP contribution < -0.4 is 0 Å². The van der Waals surface area contributed by atoms with Gasteiger partial charge in [-0.25, -0.2) is 0 Å². The van der Waals surface area contributed by atoms with Crippen molar-refractivity contribution in [1.82, 2.24) is 0 Å². The molecule has 0 fully saturated rings. The molecule has 2 unspecified atom stereocenters. The van der Waals surface area contributed by atoms with Gasteiger partial charge in [0.15, 0.2) is 0 Å². The molecule has 0 saturated carbocycles. The monoisotopic (exact) mass is 123 g/mol. The fourth-order valence-corrected chi connectivity index (χ4v) is 1.25. The van der Waals surface area contributed by atoms with E-state index in [0.29, 0.717) is 5.92 Å². The molecule has 0 aromatic carbocycles. The molecule has 0 aliphatic heterocycles. The van der Waals surface area contributed by atoms with E-state index in [0.717, 1.165) is 5.92 Å². The summed E-state index contributed by atoms with van der Waals surface area (Å²) in [5, 5.41) is 0. The molecule has 0 spiro atoms. The average Bonchev–Trinajstić information content (AvgIpc) is 1.80. The molecule has 0 nitrogen and oxygen atoms in total. The zero-order valence-corrected chi connectivity index (χ0v) is 6.52. The molecule has 1 rings (SSSR count). The van der Waals surface area contributed by atoms with Crippen molar-refractivity contribution in [2.45, 2.75) is 27.2 Å². The van der Waals surface area contributed by atoms with Gasteiger partial charge in [0.25, 0.3) is 0 Å². The first-order valence-electron chi connectivity index (χ1n) is 3.72. The molecule has 1 aliphatic carbocycles. The van der Waals surface area contributed by atoms with Gasteiger partial charge in [0.2, 0.25) is 0 Å². The van der Waals surface area contributed by atoms with Crippen LogP contribution in [0.25, 0.3) is 0 Å². The highest BCUT2D eigenvalue weighted by Crippen LogP contribution is 2.25. The predicted molar refractivity (Wildman–Crippen MR) is 41.0 cm³/mol. The Morgan fingerprint density at radius 3 is 2.56 bits per heavy atom. The quantitative estimate of drug-likeness (QED) is 0.434. The van der Waals surface area contributed by atoms with Gasteiger partial charge < -0.3 is 0 Å². The molecule has 0 bridgehead atoms. The Balaban J connectivity index is 2.61. The van der Waals surface area contributed by atoms with Crippen molar-refractivity contribution in [1.29, 1.82) is 0 Å². The van der Waals surface area contributed by atoms with E-state index in [9.17, 15) is 0 Å². The molecule has 0 aromatic heterocycles. The summed E-state index contributed by atoms with van der Waals surface area (Å²) in [5.74, 6) is 1.50. The summed E-state index contributed by atoms with van der Waals surface area (Å²) in [6.45, 7) is 6.76. The van der Waals surface area contributed by atoms with Crippen molar-refractivity contribution in [3.8, 4) is 0 Å². The van der Waals surface area contributed by atoms with E-state index in [1.165, 1.54) is 6.42 Å². The lowest BCUT2D eigenvalue weighted by atomic mass is 9.85. The lowest BCUT2D eigenvalue weighted by molar-refractivity contribution is 0.580. The first kappa shape index (κ1) is 6.85. The van der Waals surface area contributed by atoms with Crippen molar-refractivity contribution in [2.24, 2.45) is 11.8 Å². The van der Waals surface area contributed by atoms with Crippen molar-refractivity contribution < 1.29 is 0 Å². The van der Waals surface area contributed by atoms with Crippen LogP contribution in [-0.2, 0) is 0 Å². The Hall–Kier alpha value is -0.260. The second-order valence-corrected chi connectivity index (χ2v) is 3.14. The first-order valence-corrected chi connectivity index (χ1v) is 3.72. The van der Waals surface area contributed by atoms with Crippen LogP contribution in [0.2, 0.25) is 0 Å². The van der Waals surface area contributed by atoms with E-state index in [2.05, 4.69) is 33.3 Å². The zero-order chi connectivity index (χ0) is 6.85. The minimum Gasteiger partial charge on any atom is -0.0822 e. The van der Waals surface area contributed by atoms with Gasteiger partial charge in [-0.3, -0.25) is 0 Å². The largest absolute Gasteiger partial charge is 0.0822 e. The fourth-order valence-electron chi connectivity index (χ4n) is 1.25. The standard InChI is InChI=1S/C9H15/c1-7-4-5-8(2)9(3)6-7/h4,6-8H,5H2,1-3H3. The van der Waals surface area contributed by atoms with Gasteiger partial charge in [-0.1, -0.05) is 25.5 Å². The molecule has 0 heteroatoms. The first-order chi connectivity index (χ1) is 4.20. The lowest BCUT2D eigenvalue weighted by Gasteiger charge is -2.20. The van der Waals surface area contributed by atoms with Crippen LogP contribution in [0.3, 0.4) is 0 Å². The Bertz CT molecular complexity index is 122. The Morgan fingerprint density at radius 1 is 1.44 bits per heavy atom. The molecule has 0 heterocycles. The normalized spacial score (nSPS) is 36.1. The van der Waals surface area contributed by atoms with Crippen molar-refractivity contribution in [2.75, 3.05) is 0 Å². The van der Waals surface area contributed by atoms with Gasteiger partial charge in [0.1, 0.15) is 0 Å². The molecular weight excluding hydrogens is 108 g/mol. The fraction of sp³-hybridized carbons (Fsp3) is 0.667. The molecular formula is C9H15. The van der Waals surface area contributed by atoms with Gasteiger partial charge >= 0.3 is 0 Å². The Labute approximate surface area is 58.0 Å². The maximum Gasteiger partial charge on any atom is -0.0228 e. The minimum atomic E-state index is 0.709. The van der Waals surface area contributed by atoms with Gasteiger partial charge in [-0.05, 0) is 31.6 Å². The van der Waals surface area contributed by atoms with E-state index in [4.69, 9.17) is 0 Å². The SMILES string of the molecule is CC1=CC(C)[CH]CC1C. The van der Waals surface area contributed by atoms with E-state index in [-0.39, 0.29) is 0 Å². The number of hydrogen-bond donors (Lipinski definition) is 0. The molecule has 51 valence electrons. The number of allylic oxidation sites excluding steroid dienone is 2. The van der Waals surface area contributed by atoms with Crippen molar-refractivity contribution in [3.05, 3.63) is 18.1 Å². The number of hydrogen-bond acceptors (Lipinski definition) is 0. The third kappa shape index (κ3) is 1.57. The summed E-state index contributed by atoms with van der Waals surface area (Å²) in [4.78, 5) is 0. The summed E-state index contributed by atoms with van der Waals surface area (Å²) in [6.07, 6.45) is 6.01. The van der Waals surface area contributed by atoms with E-state index in [1.54, 1.807) is 5.57 Å². The van der Waals surface area contributed by atoms with Crippen LogP contribution >= 0.6 is 0 Å². The summed E-state index contributed by atoms with van der Waals surface area (Å²) < 4.78 is 0. The summed E-state index contributed by atoms with van der Waals surface area (Å²) in [6, 6.07) is 0. The molecule has 0 saturated heterocycles. The topological polar surface area (TPSA) is 0 Å². The molecule has 1 radical (unpaired) electrons. The average molecular weight is 123 g/mol. The maximum atomic E-state index is 2.39. The highest BCUT2D eigenvalue weighted by Gasteiger charge is 2.12. The third-order valence-electron chi connectivity index (χ3n) is 2.16. The van der Waals surface area contributed by atoms with Crippen LogP contribution in [0.4, 0.5) is 0 Å². The van der Waals surface area contributed by atoms with Crippen molar-refractivity contribution in [3.63, 3.8) is 0 Å². The molecule has 0 amide bonds. The summed E-state index contributed by atoms with van der Waals surface area (Å²) in [7, 11) is 0. The predicted octanol–water partition coefficient (Wildman–Crippen LogP) is 2.81. The molecule has 1 aliphatic rings. The smallest absolute Gasteiger partial charge is 0.0228 e. The van der Waals surface area contributed by atoms with Crippen LogP contribution in [0.15, 0.2) is 11.6 Å². The maximum absolute atomic E-state index is 2.39. The van der Waals surface area contributed by atoms with Crippen molar-refractivity contribution >= 4 is 0 Å². The summed E-state index contributed by atoms with van der Waals surface area (Å²) in [5.41, 5.74) is 1.56. The van der Waals surface area contributed by atoms with Crippen LogP contribution in [0.5, 0.6) is 0 Å². The third-order valence-corrected chi connectivity index (χ3v) is 2.16. The van der Waals surface area contributed by atoms with Crippen LogP contribution in [0.1, 0.15) is 27.2 Å². The second-order valence-electron chi connectivity index (χ2n) is 3.14. The minimum absolute atomic E-state index is 0.709. The molecule has 0 aromatic rings. The highest BCUT2D eigenvalue weighted by molar-refractivity contribution is 5.12. The van der Waals surface area contributed by atoms with Gasteiger partial charge in [-0.2, -0.15) is 0 Å². The van der Waals surface area contributed by atoms with E-state index < -0.39 is 0 Å². The Kier molecular flexibility index (Phi) is 1.94. The lowest BCUT2D eigenvalue weighted by Crippen LogP contribution is -2.07. The molecule has 9 heavy (non-hydrogen) atoms. The highest BCUT2D eigenvalue weighted by atomic mass is 14.2. The van der Waals surface area contributed by atoms with Gasteiger partial charge in [0.05, 0.1) is 0 Å². The molecule has 2 atom stereocenters. The second kappa shape index (κ2) is 2.55. The van der Waals surface area contributed by atoms with E-state index in [1.807, 2.05) is 0 Å². The summed E-state index contributed by atoms with van der Waals surface area (Å²) >= 11 is 0. The van der Waals surface area contributed by atoms with Gasteiger partial charge in [0, 0.05) is 0 Å². The zero-order valence-electron chi connectivity index (χ0n) is 6.52.